The van der Waals surface area contributed by atoms with Crippen LogP contribution < -0.4 is 9.54 Å². The van der Waals surface area contributed by atoms with Crippen LogP contribution in [0.25, 0.3) is 10.2 Å². The van der Waals surface area contributed by atoms with Crippen molar-refractivity contribution in [2.75, 3.05) is 6.61 Å². The normalized spacial score (nSPS) is 11.8. The third kappa shape index (κ3) is 5.04. The molecule has 1 heterocycles. The molecule has 29 heavy (non-hydrogen) atoms. The Morgan fingerprint density at radius 2 is 2.07 bits per heavy atom. The fourth-order valence-electron chi connectivity index (χ4n) is 3.32. The molecule has 4 nitrogen and oxygen atoms in total. The Hall–Kier alpha value is -2.66. The van der Waals surface area contributed by atoms with Crippen molar-refractivity contribution < 1.29 is 9.53 Å². The molecule has 0 N–H and O–H groups in total. The maximum absolute atomic E-state index is 12.9. The maximum Gasteiger partial charge on any atom is 0.279 e. The van der Waals surface area contributed by atoms with Crippen molar-refractivity contribution in [2.45, 2.75) is 46.6 Å². The zero-order valence-electron chi connectivity index (χ0n) is 17.4. The molecule has 3 aromatic rings. The van der Waals surface area contributed by atoms with E-state index < -0.39 is 0 Å². The molecule has 1 aromatic heterocycles. The fraction of sp³-hybridized carbons (Fsp3) is 0.333. The van der Waals surface area contributed by atoms with E-state index in [-0.39, 0.29) is 5.91 Å². The lowest BCUT2D eigenvalue weighted by Crippen LogP contribution is -2.16. The van der Waals surface area contributed by atoms with Gasteiger partial charge in [0.05, 0.1) is 16.8 Å². The monoisotopic (exact) mass is 408 g/mol. The van der Waals surface area contributed by atoms with E-state index in [1.165, 1.54) is 11.1 Å². The molecular formula is C24H28N2O2S. The van der Waals surface area contributed by atoms with Gasteiger partial charge in [-0.05, 0) is 55.7 Å². The average Bonchev–Trinajstić information content (AvgIpc) is 3.03. The lowest BCUT2D eigenvalue weighted by atomic mass is 10.1. The summed E-state index contributed by atoms with van der Waals surface area (Å²) in [6, 6.07) is 11.6. The molecule has 0 spiro atoms. The third-order valence-electron chi connectivity index (χ3n) is 4.72. The van der Waals surface area contributed by atoms with Crippen LogP contribution in [0.3, 0.4) is 0 Å². The molecular weight excluding hydrogens is 380 g/mol. The van der Waals surface area contributed by atoms with Gasteiger partial charge in [0.2, 0.25) is 0 Å². The van der Waals surface area contributed by atoms with Crippen molar-refractivity contribution in [2.24, 2.45) is 4.99 Å². The number of allylic oxidation sites excluding steroid dienone is 1. The van der Waals surface area contributed by atoms with Crippen LogP contribution in [0.4, 0.5) is 0 Å². The number of hydrogen-bond acceptors (Lipinski definition) is 3. The van der Waals surface area contributed by atoms with Gasteiger partial charge in [-0.25, -0.2) is 0 Å². The second kappa shape index (κ2) is 9.70. The molecule has 0 bridgehead atoms. The van der Waals surface area contributed by atoms with Crippen LogP contribution in [0, 0.1) is 13.8 Å². The van der Waals surface area contributed by atoms with Crippen LogP contribution in [-0.4, -0.2) is 17.1 Å². The van der Waals surface area contributed by atoms with E-state index in [2.05, 4.69) is 49.0 Å². The molecule has 1 amide bonds. The first-order valence-corrected chi connectivity index (χ1v) is 10.9. The van der Waals surface area contributed by atoms with Crippen LogP contribution in [-0.2, 0) is 6.54 Å². The molecule has 0 saturated carbocycles. The first kappa shape index (κ1) is 21.1. The predicted molar refractivity (Wildman–Crippen MR) is 121 cm³/mol. The van der Waals surface area contributed by atoms with Crippen molar-refractivity contribution in [1.82, 2.24) is 4.57 Å². The first-order chi connectivity index (χ1) is 14.0. The van der Waals surface area contributed by atoms with Gasteiger partial charge >= 0.3 is 0 Å². The highest BCUT2D eigenvalue weighted by Gasteiger charge is 2.11. The summed E-state index contributed by atoms with van der Waals surface area (Å²) in [5.41, 5.74) is 4.01. The largest absolute Gasteiger partial charge is 0.494 e. The second-order valence-electron chi connectivity index (χ2n) is 7.21. The summed E-state index contributed by atoms with van der Waals surface area (Å²) in [5, 5.41) is 0. The Morgan fingerprint density at radius 3 is 2.83 bits per heavy atom. The fourth-order valence-corrected chi connectivity index (χ4v) is 4.40. The van der Waals surface area contributed by atoms with Gasteiger partial charge in [0.1, 0.15) is 5.75 Å². The predicted octanol–water partition coefficient (Wildman–Crippen LogP) is 5.82. The van der Waals surface area contributed by atoms with Crippen molar-refractivity contribution in [3.8, 4) is 5.75 Å². The Morgan fingerprint density at radius 1 is 1.24 bits per heavy atom. The number of carbonyl (C=O) groups is 1. The SMILES string of the molecule is C=CCn1c(=NC(=O)c2cccc(OCCCCC)c2)sc2c(C)cc(C)cc21. The number of aryl methyl sites for hydroxylation is 2. The van der Waals surface area contributed by atoms with Gasteiger partial charge in [-0.2, -0.15) is 4.99 Å². The number of thiazole rings is 1. The number of benzene rings is 2. The molecule has 0 fully saturated rings. The van der Waals surface area contributed by atoms with Gasteiger partial charge in [-0.1, -0.05) is 49.3 Å². The second-order valence-corrected chi connectivity index (χ2v) is 8.19. The van der Waals surface area contributed by atoms with Gasteiger partial charge in [0, 0.05) is 12.1 Å². The van der Waals surface area contributed by atoms with Gasteiger partial charge in [0.15, 0.2) is 4.80 Å². The number of amides is 1. The summed E-state index contributed by atoms with van der Waals surface area (Å²) in [5.74, 6) is 0.451. The molecule has 2 aromatic carbocycles. The van der Waals surface area contributed by atoms with Crippen molar-refractivity contribution in [1.29, 1.82) is 0 Å². The Labute approximate surface area is 176 Å². The smallest absolute Gasteiger partial charge is 0.279 e. The first-order valence-electron chi connectivity index (χ1n) is 10.1. The number of hydrogen-bond donors (Lipinski definition) is 0. The molecule has 0 unspecified atom stereocenters. The summed E-state index contributed by atoms with van der Waals surface area (Å²) in [6.45, 7) is 11.5. The third-order valence-corrected chi connectivity index (χ3v) is 5.95. The van der Waals surface area contributed by atoms with Crippen LogP contribution >= 0.6 is 11.3 Å². The Kier molecular flexibility index (Phi) is 7.04. The summed E-state index contributed by atoms with van der Waals surface area (Å²) in [4.78, 5) is 18.0. The van der Waals surface area contributed by atoms with Crippen LogP contribution in [0.2, 0.25) is 0 Å². The highest BCUT2D eigenvalue weighted by atomic mass is 32.1. The van der Waals surface area contributed by atoms with E-state index in [1.807, 2.05) is 18.2 Å². The lowest BCUT2D eigenvalue weighted by molar-refractivity contribution is 0.0997. The topological polar surface area (TPSA) is 43.6 Å². The van der Waals surface area contributed by atoms with Crippen molar-refractivity contribution in [3.63, 3.8) is 0 Å². The van der Waals surface area contributed by atoms with Crippen LogP contribution in [0.1, 0.15) is 47.7 Å². The minimum absolute atomic E-state index is 0.261. The van der Waals surface area contributed by atoms with E-state index >= 15 is 0 Å². The molecule has 0 aliphatic carbocycles. The van der Waals surface area contributed by atoms with Crippen molar-refractivity contribution >= 4 is 27.5 Å². The van der Waals surface area contributed by atoms with Gasteiger partial charge in [-0.3, -0.25) is 4.79 Å². The van der Waals surface area contributed by atoms with Gasteiger partial charge in [0.25, 0.3) is 5.91 Å². The quantitative estimate of drug-likeness (QED) is 0.348. The van der Waals surface area contributed by atoms with E-state index in [1.54, 1.807) is 23.5 Å². The average molecular weight is 409 g/mol. The molecule has 0 atom stereocenters. The molecule has 3 rings (SSSR count). The Bertz CT molecular complexity index is 1090. The minimum Gasteiger partial charge on any atom is -0.494 e. The van der Waals surface area contributed by atoms with E-state index in [9.17, 15) is 4.79 Å². The summed E-state index contributed by atoms with van der Waals surface area (Å²) in [6.07, 6.45) is 5.14. The summed E-state index contributed by atoms with van der Waals surface area (Å²) in [7, 11) is 0. The number of unbranched alkanes of at least 4 members (excludes halogenated alkanes) is 2. The number of rotatable bonds is 8. The minimum atomic E-state index is -0.261. The summed E-state index contributed by atoms with van der Waals surface area (Å²) < 4.78 is 8.98. The molecule has 0 aliphatic rings. The number of aromatic nitrogens is 1. The van der Waals surface area contributed by atoms with E-state index in [0.29, 0.717) is 29.3 Å². The molecule has 0 radical (unpaired) electrons. The standard InChI is InChI=1S/C24H28N2O2S/c1-5-7-8-13-28-20-11-9-10-19(16-20)23(27)25-24-26(12-6-2)21-15-17(3)14-18(4)22(21)29-24/h6,9-11,14-16H,2,5,7-8,12-13H2,1,3-4H3. The molecule has 0 aliphatic heterocycles. The zero-order valence-corrected chi connectivity index (χ0v) is 18.2. The summed E-state index contributed by atoms with van der Waals surface area (Å²) >= 11 is 1.54. The lowest BCUT2D eigenvalue weighted by Gasteiger charge is -2.06. The highest BCUT2D eigenvalue weighted by molar-refractivity contribution is 7.16. The number of nitrogens with zero attached hydrogens (tertiary/aromatic N) is 2. The highest BCUT2D eigenvalue weighted by Crippen LogP contribution is 2.23. The number of ether oxygens (including phenoxy) is 1. The molecule has 152 valence electrons. The zero-order chi connectivity index (χ0) is 20.8. The Balaban J connectivity index is 1.94. The van der Waals surface area contributed by atoms with Crippen LogP contribution in [0.15, 0.2) is 54.0 Å². The number of fused-ring (bicyclic) bond motifs is 1. The molecule has 5 heteroatoms. The molecule has 0 saturated heterocycles. The van der Waals surface area contributed by atoms with Gasteiger partial charge < -0.3 is 9.30 Å². The van der Waals surface area contributed by atoms with Crippen LogP contribution in [0.5, 0.6) is 5.75 Å². The van der Waals surface area contributed by atoms with E-state index in [0.717, 1.165) is 29.5 Å². The van der Waals surface area contributed by atoms with Crippen molar-refractivity contribution in [3.05, 3.63) is 70.5 Å². The number of carbonyl (C=O) groups excluding carboxylic acids is 1. The maximum atomic E-state index is 12.9. The van der Waals surface area contributed by atoms with Gasteiger partial charge in [-0.15, -0.1) is 6.58 Å². The van der Waals surface area contributed by atoms with E-state index in [4.69, 9.17) is 4.74 Å².